The van der Waals surface area contributed by atoms with Crippen LogP contribution in [-0.4, -0.2) is 44.1 Å². The van der Waals surface area contributed by atoms with Crippen LogP contribution in [0.15, 0.2) is 72.8 Å². The number of methoxy groups -OCH3 is 1. The SMILES string of the molecule is COc1ccc(N2CCN(C(=O)c3cccc(OCc4ccc(F)cc4)c3)CC2)cc1. The second-order valence-electron chi connectivity index (χ2n) is 7.42. The summed E-state index contributed by atoms with van der Waals surface area (Å²) in [7, 11) is 1.65. The third-order valence-electron chi connectivity index (χ3n) is 5.40. The Morgan fingerprint density at radius 1 is 0.903 bits per heavy atom. The maximum absolute atomic E-state index is 13.0. The van der Waals surface area contributed by atoms with Crippen molar-refractivity contribution in [3.05, 3.63) is 89.7 Å². The van der Waals surface area contributed by atoms with Crippen LogP contribution >= 0.6 is 0 Å². The van der Waals surface area contributed by atoms with Crippen molar-refractivity contribution in [3.63, 3.8) is 0 Å². The molecule has 1 amide bonds. The fourth-order valence-electron chi connectivity index (χ4n) is 3.61. The van der Waals surface area contributed by atoms with Gasteiger partial charge in [0.25, 0.3) is 5.91 Å². The van der Waals surface area contributed by atoms with Gasteiger partial charge in [-0.3, -0.25) is 4.79 Å². The van der Waals surface area contributed by atoms with Gasteiger partial charge in [0.2, 0.25) is 0 Å². The molecule has 31 heavy (non-hydrogen) atoms. The number of hydrogen-bond acceptors (Lipinski definition) is 4. The molecule has 0 radical (unpaired) electrons. The molecule has 0 bridgehead atoms. The number of carbonyl (C=O) groups excluding carboxylic acids is 1. The van der Waals surface area contributed by atoms with Crippen molar-refractivity contribution in [3.8, 4) is 11.5 Å². The van der Waals surface area contributed by atoms with E-state index in [1.165, 1.54) is 12.1 Å². The van der Waals surface area contributed by atoms with Crippen molar-refractivity contribution in [1.29, 1.82) is 0 Å². The lowest BCUT2D eigenvalue weighted by atomic mass is 10.1. The highest BCUT2D eigenvalue weighted by Gasteiger charge is 2.22. The topological polar surface area (TPSA) is 42.0 Å². The van der Waals surface area contributed by atoms with Gasteiger partial charge in [0.1, 0.15) is 23.9 Å². The number of rotatable bonds is 6. The molecule has 1 saturated heterocycles. The molecule has 160 valence electrons. The first-order chi connectivity index (χ1) is 15.1. The molecule has 1 aliphatic rings. The van der Waals surface area contributed by atoms with E-state index >= 15 is 0 Å². The van der Waals surface area contributed by atoms with Gasteiger partial charge < -0.3 is 19.3 Å². The summed E-state index contributed by atoms with van der Waals surface area (Å²) in [5.41, 5.74) is 2.60. The predicted molar refractivity (Wildman–Crippen MR) is 118 cm³/mol. The first-order valence-electron chi connectivity index (χ1n) is 10.3. The van der Waals surface area contributed by atoms with E-state index < -0.39 is 0 Å². The van der Waals surface area contributed by atoms with Gasteiger partial charge in [-0.1, -0.05) is 18.2 Å². The summed E-state index contributed by atoms with van der Waals surface area (Å²) in [6.07, 6.45) is 0. The van der Waals surface area contributed by atoms with Crippen LogP contribution in [0.4, 0.5) is 10.1 Å². The lowest BCUT2D eigenvalue weighted by Crippen LogP contribution is -2.48. The Labute approximate surface area is 181 Å². The molecule has 3 aromatic carbocycles. The molecular formula is C25H25FN2O3. The molecule has 5 nitrogen and oxygen atoms in total. The third kappa shape index (κ3) is 5.15. The van der Waals surface area contributed by atoms with E-state index in [1.807, 2.05) is 47.4 Å². The van der Waals surface area contributed by atoms with E-state index in [4.69, 9.17) is 9.47 Å². The molecule has 0 atom stereocenters. The Balaban J connectivity index is 1.34. The first-order valence-corrected chi connectivity index (χ1v) is 10.3. The van der Waals surface area contributed by atoms with E-state index in [1.54, 1.807) is 25.3 Å². The van der Waals surface area contributed by atoms with Crippen molar-refractivity contribution in [2.24, 2.45) is 0 Å². The standard InChI is InChI=1S/C25H25FN2O3/c1-30-23-11-9-22(10-12-23)27-13-15-28(16-14-27)25(29)20-3-2-4-24(17-20)31-18-19-5-7-21(26)8-6-19/h2-12,17H,13-16,18H2,1H3. The molecular weight excluding hydrogens is 395 g/mol. The van der Waals surface area contributed by atoms with Crippen molar-refractivity contribution >= 4 is 11.6 Å². The fourth-order valence-corrected chi connectivity index (χ4v) is 3.61. The van der Waals surface area contributed by atoms with Crippen molar-refractivity contribution in [1.82, 2.24) is 4.90 Å². The zero-order chi connectivity index (χ0) is 21.6. The molecule has 0 aliphatic carbocycles. The van der Waals surface area contributed by atoms with Crippen LogP contribution < -0.4 is 14.4 Å². The lowest BCUT2D eigenvalue weighted by molar-refractivity contribution is 0.0746. The number of ether oxygens (including phenoxy) is 2. The maximum Gasteiger partial charge on any atom is 0.254 e. The van der Waals surface area contributed by atoms with Crippen LogP contribution in [0.2, 0.25) is 0 Å². The number of halogens is 1. The van der Waals surface area contributed by atoms with Gasteiger partial charge in [-0.2, -0.15) is 0 Å². The van der Waals surface area contributed by atoms with Gasteiger partial charge in [0.15, 0.2) is 0 Å². The van der Waals surface area contributed by atoms with Gasteiger partial charge in [-0.15, -0.1) is 0 Å². The average Bonchev–Trinajstić information content (AvgIpc) is 2.83. The van der Waals surface area contributed by atoms with Gasteiger partial charge in [0.05, 0.1) is 7.11 Å². The molecule has 1 fully saturated rings. The highest BCUT2D eigenvalue weighted by molar-refractivity contribution is 5.94. The number of piperazine rings is 1. The molecule has 0 N–H and O–H groups in total. The fraction of sp³-hybridized carbons (Fsp3) is 0.240. The monoisotopic (exact) mass is 420 g/mol. The van der Waals surface area contributed by atoms with E-state index in [2.05, 4.69) is 4.90 Å². The number of carbonyl (C=O) groups is 1. The minimum Gasteiger partial charge on any atom is -0.497 e. The van der Waals surface area contributed by atoms with Gasteiger partial charge >= 0.3 is 0 Å². The first kappa shape index (κ1) is 20.7. The van der Waals surface area contributed by atoms with Crippen molar-refractivity contribution in [2.75, 3.05) is 38.2 Å². The molecule has 0 saturated carbocycles. The largest absolute Gasteiger partial charge is 0.497 e. The second kappa shape index (κ2) is 9.51. The van der Waals surface area contributed by atoms with Crippen molar-refractivity contribution in [2.45, 2.75) is 6.61 Å². The summed E-state index contributed by atoms with van der Waals surface area (Å²) in [6.45, 7) is 3.19. The highest BCUT2D eigenvalue weighted by atomic mass is 19.1. The van der Waals surface area contributed by atoms with Crippen LogP contribution in [0.25, 0.3) is 0 Å². The Hall–Kier alpha value is -3.54. The minimum atomic E-state index is -0.275. The molecule has 1 heterocycles. The maximum atomic E-state index is 13.0. The quantitative estimate of drug-likeness (QED) is 0.594. The molecule has 6 heteroatoms. The molecule has 0 unspecified atom stereocenters. The lowest BCUT2D eigenvalue weighted by Gasteiger charge is -2.36. The Bertz CT molecular complexity index is 1010. The number of amides is 1. The number of hydrogen-bond donors (Lipinski definition) is 0. The molecule has 0 aromatic heterocycles. The number of anilines is 1. The average molecular weight is 420 g/mol. The summed E-state index contributed by atoms with van der Waals surface area (Å²) < 4.78 is 24.0. The third-order valence-corrected chi connectivity index (χ3v) is 5.40. The van der Waals surface area contributed by atoms with Crippen LogP contribution in [0.5, 0.6) is 11.5 Å². The Morgan fingerprint density at radius 2 is 1.61 bits per heavy atom. The molecule has 1 aliphatic heterocycles. The Kier molecular flexibility index (Phi) is 6.36. The zero-order valence-electron chi connectivity index (χ0n) is 17.5. The van der Waals surface area contributed by atoms with Crippen LogP contribution in [0.1, 0.15) is 15.9 Å². The second-order valence-corrected chi connectivity index (χ2v) is 7.42. The summed E-state index contributed by atoms with van der Waals surface area (Å²) in [5.74, 6) is 1.18. The van der Waals surface area contributed by atoms with Crippen molar-refractivity contribution < 1.29 is 18.7 Å². The van der Waals surface area contributed by atoms with E-state index in [0.29, 0.717) is 31.0 Å². The smallest absolute Gasteiger partial charge is 0.254 e. The van der Waals surface area contributed by atoms with E-state index in [9.17, 15) is 9.18 Å². The summed E-state index contributed by atoms with van der Waals surface area (Å²) in [5, 5.41) is 0. The normalized spacial score (nSPS) is 13.7. The van der Waals surface area contributed by atoms with Crippen LogP contribution in [-0.2, 0) is 6.61 Å². The van der Waals surface area contributed by atoms with Crippen LogP contribution in [0.3, 0.4) is 0 Å². The Morgan fingerprint density at radius 3 is 2.29 bits per heavy atom. The highest BCUT2D eigenvalue weighted by Crippen LogP contribution is 2.22. The molecule has 0 spiro atoms. The van der Waals surface area contributed by atoms with E-state index in [-0.39, 0.29) is 11.7 Å². The molecule has 3 aromatic rings. The van der Waals surface area contributed by atoms with Gasteiger partial charge in [-0.25, -0.2) is 4.39 Å². The number of benzene rings is 3. The number of nitrogens with zero attached hydrogens (tertiary/aromatic N) is 2. The summed E-state index contributed by atoms with van der Waals surface area (Å²) in [4.78, 5) is 17.1. The van der Waals surface area contributed by atoms with Gasteiger partial charge in [0, 0.05) is 37.4 Å². The summed E-state index contributed by atoms with van der Waals surface area (Å²) >= 11 is 0. The minimum absolute atomic E-state index is 0.00149. The molecule has 4 rings (SSSR count). The zero-order valence-corrected chi connectivity index (χ0v) is 17.5. The van der Waals surface area contributed by atoms with Crippen LogP contribution in [0, 0.1) is 5.82 Å². The summed E-state index contributed by atoms with van der Waals surface area (Å²) in [6, 6.07) is 21.4. The van der Waals surface area contributed by atoms with Gasteiger partial charge in [-0.05, 0) is 60.2 Å². The predicted octanol–water partition coefficient (Wildman–Crippen LogP) is 4.38. The van der Waals surface area contributed by atoms with E-state index in [0.717, 1.165) is 30.1 Å².